The fraction of sp³-hybridized carbons (Fsp3) is 0.412. The molecule has 1 saturated carbocycles. The second-order valence-electron chi connectivity index (χ2n) is 6.31. The highest BCUT2D eigenvalue weighted by molar-refractivity contribution is 7.89. The van der Waals surface area contributed by atoms with E-state index in [4.69, 9.17) is 0 Å². The number of benzene rings is 1. The van der Waals surface area contributed by atoms with Crippen molar-refractivity contribution in [2.45, 2.75) is 42.2 Å². The molecular weight excluding hydrogens is 371 g/mol. The van der Waals surface area contributed by atoms with Gasteiger partial charge in [0.15, 0.2) is 0 Å². The lowest BCUT2D eigenvalue weighted by Crippen LogP contribution is -2.38. The maximum Gasteiger partial charge on any atom is 0.416 e. The lowest BCUT2D eigenvalue weighted by molar-refractivity contribution is -0.137. The van der Waals surface area contributed by atoms with Crippen molar-refractivity contribution in [2.75, 3.05) is 6.54 Å². The molecule has 1 aliphatic rings. The van der Waals surface area contributed by atoms with Crippen LogP contribution in [0.15, 0.2) is 46.7 Å². The zero-order chi connectivity index (χ0) is 18.1. The third-order valence-electron chi connectivity index (χ3n) is 4.68. The molecule has 0 amide bonds. The molecule has 1 aromatic carbocycles. The highest BCUT2D eigenvalue weighted by Crippen LogP contribution is 2.42. The molecule has 2 aromatic rings. The molecule has 1 heterocycles. The first kappa shape index (κ1) is 18.4. The molecule has 1 aliphatic carbocycles. The lowest BCUT2D eigenvalue weighted by Gasteiger charge is -2.28. The second kappa shape index (κ2) is 6.74. The Bertz CT molecular complexity index is 824. The molecule has 0 spiro atoms. The minimum absolute atomic E-state index is 0.200. The summed E-state index contributed by atoms with van der Waals surface area (Å²) < 4.78 is 66.0. The van der Waals surface area contributed by atoms with Crippen molar-refractivity contribution in [2.24, 2.45) is 0 Å². The topological polar surface area (TPSA) is 46.2 Å². The van der Waals surface area contributed by atoms with Crippen molar-refractivity contribution < 1.29 is 21.6 Å². The van der Waals surface area contributed by atoms with Crippen LogP contribution in [0.5, 0.6) is 0 Å². The number of rotatable bonds is 5. The summed E-state index contributed by atoms with van der Waals surface area (Å²) in [6.07, 6.45) is -0.793. The van der Waals surface area contributed by atoms with Gasteiger partial charge in [-0.15, -0.1) is 11.3 Å². The molecule has 0 radical (unpaired) electrons. The Morgan fingerprint density at radius 2 is 1.84 bits per heavy atom. The van der Waals surface area contributed by atoms with E-state index in [2.05, 4.69) is 4.72 Å². The largest absolute Gasteiger partial charge is 0.416 e. The summed E-state index contributed by atoms with van der Waals surface area (Å²) in [5.41, 5.74) is -1.23. The van der Waals surface area contributed by atoms with Gasteiger partial charge in [0.2, 0.25) is 10.0 Å². The van der Waals surface area contributed by atoms with Gasteiger partial charge in [-0.3, -0.25) is 0 Å². The zero-order valence-corrected chi connectivity index (χ0v) is 15.0. The van der Waals surface area contributed by atoms with E-state index in [1.807, 2.05) is 17.5 Å². The average molecular weight is 389 g/mol. The first-order valence-corrected chi connectivity index (χ1v) is 10.3. The quantitative estimate of drug-likeness (QED) is 0.815. The van der Waals surface area contributed by atoms with Crippen LogP contribution >= 0.6 is 11.3 Å². The fourth-order valence-corrected chi connectivity index (χ4v) is 5.46. The smallest absolute Gasteiger partial charge is 0.210 e. The predicted octanol–water partition coefficient (Wildman–Crippen LogP) is 4.56. The van der Waals surface area contributed by atoms with Crippen LogP contribution in [0.2, 0.25) is 0 Å². The first-order valence-electron chi connectivity index (χ1n) is 7.94. The molecule has 25 heavy (non-hydrogen) atoms. The van der Waals surface area contributed by atoms with Crippen LogP contribution in [0.1, 0.15) is 36.1 Å². The molecule has 1 N–H and O–H groups in total. The minimum atomic E-state index is -4.57. The van der Waals surface area contributed by atoms with Gasteiger partial charge in [-0.2, -0.15) is 13.2 Å². The molecule has 0 bridgehead atoms. The highest BCUT2D eigenvalue weighted by atomic mass is 32.2. The van der Waals surface area contributed by atoms with E-state index in [0.29, 0.717) is 6.07 Å². The van der Waals surface area contributed by atoms with Gasteiger partial charge < -0.3 is 0 Å². The van der Waals surface area contributed by atoms with E-state index in [0.717, 1.165) is 42.7 Å². The Labute approximate surface area is 148 Å². The molecular formula is C17H18F3NO2S2. The molecule has 136 valence electrons. The van der Waals surface area contributed by atoms with Gasteiger partial charge in [0.1, 0.15) is 0 Å². The molecule has 0 aliphatic heterocycles. The molecule has 0 saturated heterocycles. The molecule has 3 rings (SSSR count). The van der Waals surface area contributed by atoms with Crippen molar-refractivity contribution in [3.8, 4) is 0 Å². The number of alkyl halides is 3. The Morgan fingerprint density at radius 1 is 1.12 bits per heavy atom. The number of halogens is 3. The van der Waals surface area contributed by atoms with Gasteiger partial charge in [0, 0.05) is 16.8 Å². The molecule has 1 fully saturated rings. The number of nitrogens with one attached hydrogen (secondary N) is 1. The highest BCUT2D eigenvalue weighted by Gasteiger charge is 2.38. The summed E-state index contributed by atoms with van der Waals surface area (Å²) in [5.74, 6) is 0. The SMILES string of the molecule is O=S(=O)(NCC1(c2cccs2)CCCC1)c1cccc(C(F)(F)F)c1. The van der Waals surface area contributed by atoms with Gasteiger partial charge in [0.05, 0.1) is 10.5 Å². The Morgan fingerprint density at radius 3 is 2.44 bits per heavy atom. The number of thiophene rings is 1. The van der Waals surface area contributed by atoms with Crippen LogP contribution in [0.4, 0.5) is 13.2 Å². The molecule has 3 nitrogen and oxygen atoms in total. The number of hydrogen-bond acceptors (Lipinski definition) is 3. The standard InChI is InChI=1S/C17H18F3NO2S2/c18-17(19,20)13-5-3-6-14(11-13)25(22,23)21-12-16(8-1-2-9-16)15-7-4-10-24-15/h3-7,10-11,21H,1-2,8-9,12H2. The zero-order valence-electron chi connectivity index (χ0n) is 13.3. The van der Waals surface area contributed by atoms with Crippen molar-refractivity contribution in [1.29, 1.82) is 0 Å². The van der Waals surface area contributed by atoms with Crippen molar-refractivity contribution in [3.05, 3.63) is 52.2 Å². The Kier molecular flexibility index (Phi) is 4.96. The van der Waals surface area contributed by atoms with Gasteiger partial charge in [-0.1, -0.05) is 25.0 Å². The summed E-state index contributed by atoms with van der Waals surface area (Å²) >= 11 is 1.59. The number of hydrogen-bond donors (Lipinski definition) is 1. The van der Waals surface area contributed by atoms with E-state index >= 15 is 0 Å². The van der Waals surface area contributed by atoms with Crippen molar-refractivity contribution >= 4 is 21.4 Å². The molecule has 8 heteroatoms. The van der Waals surface area contributed by atoms with Gasteiger partial charge >= 0.3 is 6.18 Å². The van der Waals surface area contributed by atoms with Gasteiger partial charge in [0.25, 0.3) is 0 Å². The molecule has 0 atom stereocenters. The van der Waals surface area contributed by atoms with Crippen LogP contribution in [-0.4, -0.2) is 15.0 Å². The van der Waals surface area contributed by atoms with Crippen LogP contribution in [-0.2, 0) is 21.6 Å². The van der Waals surface area contributed by atoms with Crippen LogP contribution < -0.4 is 4.72 Å². The van der Waals surface area contributed by atoms with Crippen LogP contribution in [0.3, 0.4) is 0 Å². The predicted molar refractivity (Wildman–Crippen MR) is 91.1 cm³/mol. The van der Waals surface area contributed by atoms with E-state index in [1.165, 1.54) is 6.07 Å². The number of sulfonamides is 1. The third-order valence-corrected chi connectivity index (χ3v) is 7.19. The maximum atomic E-state index is 12.8. The second-order valence-corrected chi connectivity index (χ2v) is 9.03. The normalized spacial score (nSPS) is 17.7. The Balaban J connectivity index is 1.82. The molecule has 1 aromatic heterocycles. The van der Waals surface area contributed by atoms with Crippen molar-refractivity contribution in [3.63, 3.8) is 0 Å². The summed E-state index contributed by atoms with van der Waals surface area (Å²) in [6.45, 7) is 0.200. The lowest BCUT2D eigenvalue weighted by atomic mass is 9.85. The summed E-state index contributed by atoms with van der Waals surface area (Å²) in [6, 6.07) is 7.76. The summed E-state index contributed by atoms with van der Waals surface area (Å²) in [4.78, 5) is 0.762. The van der Waals surface area contributed by atoms with Crippen LogP contribution in [0.25, 0.3) is 0 Å². The first-order chi connectivity index (χ1) is 11.7. The van der Waals surface area contributed by atoms with E-state index in [-0.39, 0.29) is 16.9 Å². The third kappa shape index (κ3) is 3.91. The van der Waals surface area contributed by atoms with E-state index in [9.17, 15) is 21.6 Å². The maximum absolute atomic E-state index is 12.8. The van der Waals surface area contributed by atoms with E-state index in [1.54, 1.807) is 11.3 Å². The summed E-state index contributed by atoms with van der Waals surface area (Å²) in [5, 5.41) is 1.96. The molecule has 0 unspecified atom stereocenters. The van der Waals surface area contributed by atoms with Crippen molar-refractivity contribution in [1.82, 2.24) is 4.72 Å². The van der Waals surface area contributed by atoms with Crippen LogP contribution in [0, 0.1) is 0 Å². The Hall–Kier alpha value is -1.38. The fourth-order valence-electron chi connectivity index (χ4n) is 3.30. The monoisotopic (exact) mass is 389 g/mol. The average Bonchev–Trinajstić information content (AvgIpc) is 3.25. The van der Waals surface area contributed by atoms with Gasteiger partial charge in [-0.25, -0.2) is 13.1 Å². The van der Waals surface area contributed by atoms with E-state index < -0.39 is 21.8 Å². The van der Waals surface area contributed by atoms with Gasteiger partial charge in [-0.05, 0) is 42.5 Å². The summed E-state index contributed by atoms with van der Waals surface area (Å²) in [7, 11) is -4.01. The minimum Gasteiger partial charge on any atom is -0.210 e.